The van der Waals surface area contributed by atoms with Gasteiger partial charge in [-0.05, 0) is 37.5 Å². The lowest BCUT2D eigenvalue weighted by Crippen LogP contribution is -2.38. The van der Waals surface area contributed by atoms with Crippen LogP contribution in [-0.4, -0.2) is 52.8 Å². The van der Waals surface area contributed by atoms with Crippen LogP contribution in [0.2, 0.25) is 0 Å². The highest BCUT2D eigenvalue weighted by molar-refractivity contribution is 5.97. The standard InChI is InChI=1S/C16H21NO5/c1-11-4-5-13(14(18)9-11)16(21)17(7-6-15(19)20)10-12-3-2-8-22-12/h4-5,9,12,18H,2-3,6-8,10H2,1H3,(H,19,20). The van der Waals surface area contributed by atoms with Crippen molar-refractivity contribution in [1.29, 1.82) is 0 Å². The van der Waals surface area contributed by atoms with E-state index in [4.69, 9.17) is 9.84 Å². The average Bonchev–Trinajstić information content (AvgIpc) is 2.95. The lowest BCUT2D eigenvalue weighted by atomic mass is 10.1. The third-order valence-corrected chi connectivity index (χ3v) is 3.71. The number of carboxylic acid groups (broad SMARTS) is 1. The smallest absolute Gasteiger partial charge is 0.305 e. The van der Waals surface area contributed by atoms with E-state index in [1.54, 1.807) is 12.1 Å². The van der Waals surface area contributed by atoms with Crippen LogP contribution < -0.4 is 0 Å². The molecule has 0 radical (unpaired) electrons. The molecule has 0 bridgehead atoms. The summed E-state index contributed by atoms with van der Waals surface area (Å²) in [5.74, 6) is -1.41. The number of amides is 1. The number of phenolic OH excluding ortho intramolecular Hbond substituents is 1. The van der Waals surface area contributed by atoms with E-state index in [1.165, 1.54) is 11.0 Å². The first-order valence-electron chi connectivity index (χ1n) is 7.39. The molecule has 1 aliphatic heterocycles. The summed E-state index contributed by atoms with van der Waals surface area (Å²) >= 11 is 0. The summed E-state index contributed by atoms with van der Waals surface area (Å²) in [4.78, 5) is 24.8. The molecule has 6 heteroatoms. The Balaban J connectivity index is 2.14. The number of carbonyl (C=O) groups excluding carboxylic acids is 1. The third kappa shape index (κ3) is 4.21. The number of hydrogen-bond acceptors (Lipinski definition) is 4. The van der Waals surface area contributed by atoms with Gasteiger partial charge in [0.2, 0.25) is 0 Å². The van der Waals surface area contributed by atoms with Gasteiger partial charge in [-0.2, -0.15) is 0 Å². The number of aliphatic carboxylic acids is 1. The molecule has 1 heterocycles. The summed E-state index contributed by atoms with van der Waals surface area (Å²) in [5, 5.41) is 18.8. The molecule has 2 N–H and O–H groups in total. The van der Waals surface area contributed by atoms with Crippen LogP contribution >= 0.6 is 0 Å². The highest BCUT2D eigenvalue weighted by atomic mass is 16.5. The van der Waals surface area contributed by atoms with E-state index in [0.717, 1.165) is 18.4 Å². The first-order chi connectivity index (χ1) is 10.5. The zero-order valence-electron chi connectivity index (χ0n) is 12.6. The Hall–Kier alpha value is -2.08. The summed E-state index contributed by atoms with van der Waals surface area (Å²) in [7, 11) is 0. The molecule has 0 aromatic heterocycles. The quantitative estimate of drug-likeness (QED) is 0.837. The van der Waals surface area contributed by atoms with Crippen molar-refractivity contribution >= 4 is 11.9 Å². The second-order valence-corrected chi connectivity index (χ2v) is 5.55. The molecule has 0 spiro atoms. The van der Waals surface area contributed by atoms with Gasteiger partial charge in [-0.15, -0.1) is 0 Å². The minimum Gasteiger partial charge on any atom is -0.507 e. The van der Waals surface area contributed by atoms with Gasteiger partial charge in [-0.1, -0.05) is 6.07 Å². The van der Waals surface area contributed by atoms with Crippen molar-refractivity contribution in [3.05, 3.63) is 29.3 Å². The molecular formula is C16H21NO5. The SMILES string of the molecule is Cc1ccc(C(=O)N(CCC(=O)O)CC2CCCO2)c(O)c1. The highest BCUT2D eigenvalue weighted by Gasteiger charge is 2.25. The summed E-state index contributed by atoms with van der Waals surface area (Å²) in [6.07, 6.45) is 1.61. The first-order valence-corrected chi connectivity index (χ1v) is 7.39. The normalized spacial score (nSPS) is 17.4. The first kappa shape index (κ1) is 16.3. The van der Waals surface area contributed by atoms with Crippen LogP contribution in [0.1, 0.15) is 35.2 Å². The predicted molar refractivity (Wildman–Crippen MR) is 80.0 cm³/mol. The van der Waals surface area contributed by atoms with Crippen LogP contribution in [0.3, 0.4) is 0 Å². The zero-order chi connectivity index (χ0) is 16.1. The van der Waals surface area contributed by atoms with Crippen molar-refractivity contribution in [2.24, 2.45) is 0 Å². The molecule has 1 aromatic carbocycles. The van der Waals surface area contributed by atoms with Crippen molar-refractivity contribution in [1.82, 2.24) is 4.90 Å². The van der Waals surface area contributed by atoms with E-state index in [0.29, 0.717) is 13.2 Å². The molecule has 120 valence electrons. The van der Waals surface area contributed by atoms with Crippen LogP contribution in [0.5, 0.6) is 5.75 Å². The van der Waals surface area contributed by atoms with Gasteiger partial charge in [0.25, 0.3) is 5.91 Å². The predicted octanol–water partition coefficient (Wildman–Crippen LogP) is 1.80. The molecule has 1 aliphatic rings. The highest BCUT2D eigenvalue weighted by Crippen LogP contribution is 2.22. The Bertz CT molecular complexity index is 551. The van der Waals surface area contributed by atoms with Crippen LogP contribution in [-0.2, 0) is 9.53 Å². The Morgan fingerprint density at radius 1 is 1.41 bits per heavy atom. The molecule has 6 nitrogen and oxygen atoms in total. The van der Waals surface area contributed by atoms with E-state index >= 15 is 0 Å². The summed E-state index contributed by atoms with van der Waals surface area (Å²) < 4.78 is 5.52. The van der Waals surface area contributed by atoms with Gasteiger partial charge in [0, 0.05) is 19.7 Å². The van der Waals surface area contributed by atoms with Gasteiger partial charge < -0.3 is 19.8 Å². The molecule has 1 aromatic rings. The maximum absolute atomic E-state index is 12.6. The topological polar surface area (TPSA) is 87.1 Å². The molecular weight excluding hydrogens is 286 g/mol. The molecule has 1 unspecified atom stereocenters. The van der Waals surface area contributed by atoms with Crippen LogP contribution in [0, 0.1) is 6.92 Å². The minimum absolute atomic E-state index is 0.0645. The fraction of sp³-hybridized carbons (Fsp3) is 0.500. The van der Waals surface area contributed by atoms with E-state index in [9.17, 15) is 14.7 Å². The maximum atomic E-state index is 12.6. The fourth-order valence-electron chi connectivity index (χ4n) is 2.53. The number of ether oxygens (including phenoxy) is 1. The monoisotopic (exact) mass is 307 g/mol. The molecule has 0 saturated carbocycles. The molecule has 0 aliphatic carbocycles. The Labute approximate surface area is 129 Å². The largest absolute Gasteiger partial charge is 0.507 e. The number of hydrogen-bond donors (Lipinski definition) is 2. The van der Waals surface area contributed by atoms with Gasteiger partial charge in [-0.3, -0.25) is 9.59 Å². The van der Waals surface area contributed by atoms with Crippen LogP contribution in [0.4, 0.5) is 0 Å². The zero-order valence-corrected chi connectivity index (χ0v) is 12.6. The van der Waals surface area contributed by atoms with Gasteiger partial charge in [0.15, 0.2) is 0 Å². The molecule has 1 atom stereocenters. The minimum atomic E-state index is -0.960. The second-order valence-electron chi connectivity index (χ2n) is 5.55. The van der Waals surface area contributed by atoms with Crippen molar-refractivity contribution in [2.75, 3.05) is 19.7 Å². The number of aromatic hydroxyl groups is 1. The Morgan fingerprint density at radius 2 is 2.18 bits per heavy atom. The van der Waals surface area contributed by atoms with E-state index in [2.05, 4.69) is 0 Å². The Kier molecular flexibility index (Phi) is 5.38. The lowest BCUT2D eigenvalue weighted by Gasteiger charge is -2.25. The number of nitrogens with zero attached hydrogens (tertiary/aromatic N) is 1. The van der Waals surface area contributed by atoms with Crippen molar-refractivity contribution in [2.45, 2.75) is 32.3 Å². The lowest BCUT2D eigenvalue weighted by molar-refractivity contribution is -0.137. The van der Waals surface area contributed by atoms with Crippen LogP contribution in [0.25, 0.3) is 0 Å². The van der Waals surface area contributed by atoms with Gasteiger partial charge >= 0.3 is 5.97 Å². The summed E-state index contributed by atoms with van der Waals surface area (Å²) in [6, 6.07) is 4.83. The van der Waals surface area contributed by atoms with Crippen LogP contribution in [0.15, 0.2) is 18.2 Å². The maximum Gasteiger partial charge on any atom is 0.305 e. The second kappa shape index (κ2) is 7.26. The number of carbonyl (C=O) groups is 2. The number of aryl methyl sites for hydroxylation is 1. The number of benzene rings is 1. The summed E-state index contributed by atoms with van der Waals surface area (Å²) in [5.41, 5.74) is 1.04. The van der Waals surface area contributed by atoms with Gasteiger partial charge in [0.05, 0.1) is 18.1 Å². The van der Waals surface area contributed by atoms with E-state index in [-0.39, 0.29) is 36.3 Å². The van der Waals surface area contributed by atoms with Crippen molar-refractivity contribution < 1.29 is 24.5 Å². The van der Waals surface area contributed by atoms with Gasteiger partial charge in [0.1, 0.15) is 5.75 Å². The number of carboxylic acids is 1. The number of phenols is 1. The molecule has 1 fully saturated rings. The molecule has 1 amide bonds. The van der Waals surface area contributed by atoms with E-state index < -0.39 is 5.97 Å². The number of rotatable bonds is 6. The summed E-state index contributed by atoms with van der Waals surface area (Å²) in [6.45, 7) is 2.94. The van der Waals surface area contributed by atoms with E-state index in [1.807, 2.05) is 6.92 Å². The van der Waals surface area contributed by atoms with Crippen molar-refractivity contribution in [3.63, 3.8) is 0 Å². The van der Waals surface area contributed by atoms with Gasteiger partial charge in [-0.25, -0.2) is 0 Å². The van der Waals surface area contributed by atoms with Crippen molar-refractivity contribution in [3.8, 4) is 5.75 Å². The fourth-order valence-corrected chi connectivity index (χ4v) is 2.53. The Morgan fingerprint density at radius 3 is 2.77 bits per heavy atom. The average molecular weight is 307 g/mol. The third-order valence-electron chi connectivity index (χ3n) is 3.71. The molecule has 22 heavy (non-hydrogen) atoms. The molecule has 2 rings (SSSR count). The molecule has 1 saturated heterocycles.